The third-order valence-corrected chi connectivity index (χ3v) is 5.40. The summed E-state index contributed by atoms with van der Waals surface area (Å²) in [6.45, 7) is 1.78. The van der Waals surface area contributed by atoms with Gasteiger partial charge in [0.2, 0.25) is 5.91 Å². The number of hydrogen-bond donors (Lipinski definition) is 2. The van der Waals surface area contributed by atoms with Crippen molar-refractivity contribution in [3.05, 3.63) is 72.1 Å². The Kier molecular flexibility index (Phi) is 6.38. The van der Waals surface area contributed by atoms with Crippen LogP contribution in [-0.2, 0) is 11.8 Å². The molecular weight excluding hydrogens is 414 g/mol. The molecule has 4 aromatic rings. The molecule has 0 aliphatic rings. The molecule has 166 valence electrons. The number of para-hydroxylation sites is 1. The van der Waals surface area contributed by atoms with Crippen molar-refractivity contribution in [2.75, 3.05) is 19.5 Å². The maximum Gasteiger partial charge on any atom is 0.242 e. The number of fused-ring (bicyclic) bond motifs is 1. The summed E-state index contributed by atoms with van der Waals surface area (Å²) in [5.74, 6) is 7.00. The van der Waals surface area contributed by atoms with Crippen LogP contribution in [-0.4, -0.2) is 40.9 Å². The van der Waals surface area contributed by atoms with Crippen LogP contribution in [0.25, 0.3) is 22.0 Å². The van der Waals surface area contributed by atoms with E-state index >= 15 is 0 Å². The molecule has 0 saturated carbocycles. The number of amides is 1. The first kappa shape index (κ1) is 22.1. The average Bonchev–Trinajstić information content (AvgIpc) is 3.23. The molecule has 7 nitrogen and oxygen atoms in total. The Hall–Kier alpha value is -4.15. The van der Waals surface area contributed by atoms with Crippen LogP contribution in [0.4, 0.5) is 5.82 Å². The number of methoxy groups -OCH3 is 1. The third kappa shape index (κ3) is 4.56. The van der Waals surface area contributed by atoms with Gasteiger partial charge >= 0.3 is 0 Å². The molecule has 0 radical (unpaired) electrons. The average molecular weight is 440 g/mol. The number of aromatic nitrogens is 3. The highest BCUT2D eigenvalue weighted by Crippen LogP contribution is 2.38. The van der Waals surface area contributed by atoms with Crippen molar-refractivity contribution in [2.24, 2.45) is 7.05 Å². The number of carbonyl (C=O) groups excluding carboxylic acids is 1. The van der Waals surface area contributed by atoms with Crippen LogP contribution in [0, 0.1) is 11.8 Å². The summed E-state index contributed by atoms with van der Waals surface area (Å²) < 4.78 is 7.61. The first-order valence-corrected chi connectivity index (χ1v) is 10.6. The molecule has 2 aromatic heterocycles. The molecular formula is C26H25N5O2. The molecule has 7 heteroatoms. The number of pyridine rings is 1. The minimum absolute atomic E-state index is 0.193. The van der Waals surface area contributed by atoms with Gasteiger partial charge in [-0.1, -0.05) is 42.3 Å². The van der Waals surface area contributed by atoms with Crippen molar-refractivity contribution in [2.45, 2.75) is 13.0 Å². The Bertz CT molecular complexity index is 1370. The Morgan fingerprint density at radius 3 is 2.61 bits per heavy atom. The molecule has 33 heavy (non-hydrogen) atoms. The molecule has 1 amide bonds. The first-order valence-electron chi connectivity index (χ1n) is 10.6. The van der Waals surface area contributed by atoms with Gasteiger partial charge in [0.1, 0.15) is 5.82 Å². The standard InChI is InChI=1S/C26H25N5O2/c1-17(27-2)26(32)30-23-15-21(20-12-8-11-19-16-28-31(3)24(19)20)25(33-4)22(29-23)14-13-18-9-6-5-7-10-18/h5-12,15-17,27H,1-4H3,(H,29,30,32). The third-order valence-electron chi connectivity index (χ3n) is 5.40. The van der Waals surface area contributed by atoms with Crippen LogP contribution >= 0.6 is 0 Å². The zero-order valence-electron chi connectivity index (χ0n) is 19.0. The number of rotatable bonds is 5. The number of carbonyl (C=O) groups is 1. The zero-order chi connectivity index (χ0) is 23.4. The fourth-order valence-electron chi connectivity index (χ4n) is 3.56. The van der Waals surface area contributed by atoms with Gasteiger partial charge in [0.15, 0.2) is 11.4 Å². The fourth-order valence-corrected chi connectivity index (χ4v) is 3.56. The highest BCUT2D eigenvalue weighted by molar-refractivity contribution is 5.98. The number of nitrogens with zero attached hydrogens (tertiary/aromatic N) is 3. The summed E-state index contributed by atoms with van der Waals surface area (Å²) >= 11 is 0. The molecule has 2 aromatic carbocycles. The Labute approximate surface area is 192 Å². The van der Waals surface area contributed by atoms with Crippen molar-refractivity contribution in [1.82, 2.24) is 20.1 Å². The topological polar surface area (TPSA) is 81.1 Å². The van der Waals surface area contributed by atoms with Crippen LogP contribution in [0.1, 0.15) is 18.2 Å². The number of likely N-dealkylation sites (N-methyl/N-ethyl adjacent to an activating group) is 1. The Balaban J connectivity index is 1.92. The Morgan fingerprint density at radius 1 is 1.09 bits per heavy atom. The van der Waals surface area contributed by atoms with Gasteiger partial charge in [-0.15, -0.1) is 0 Å². The van der Waals surface area contributed by atoms with E-state index in [4.69, 9.17) is 4.74 Å². The van der Waals surface area contributed by atoms with Gasteiger partial charge in [0, 0.05) is 29.1 Å². The molecule has 0 fully saturated rings. The molecule has 0 aliphatic carbocycles. The summed E-state index contributed by atoms with van der Waals surface area (Å²) in [5, 5.41) is 11.2. The maximum absolute atomic E-state index is 12.6. The number of benzene rings is 2. The zero-order valence-corrected chi connectivity index (χ0v) is 19.0. The van der Waals surface area contributed by atoms with E-state index in [0.717, 1.165) is 27.6 Å². The molecule has 2 N–H and O–H groups in total. The monoisotopic (exact) mass is 439 g/mol. The van der Waals surface area contributed by atoms with Crippen LogP contribution in [0.15, 0.2) is 60.8 Å². The molecule has 0 aliphatic heterocycles. The van der Waals surface area contributed by atoms with E-state index in [0.29, 0.717) is 17.3 Å². The highest BCUT2D eigenvalue weighted by Gasteiger charge is 2.19. The second kappa shape index (κ2) is 9.55. The summed E-state index contributed by atoms with van der Waals surface area (Å²) in [6.07, 6.45) is 1.82. The summed E-state index contributed by atoms with van der Waals surface area (Å²) in [6, 6.07) is 17.1. The first-order chi connectivity index (χ1) is 16.0. The summed E-state index contributed by atoms with van der Waals surface area (Å²) in [4.78, 5) is 17.2. The van der Waals surface area contributed by atoms with Crippen molar-refractivity contribution in [1.29, 1.82) is 0 Å². The van der Waals surface area contributed by atoms with Crippen LogP contribution in [0.2, 0.25) is 0 Å². The summed E-state index contributed by atoms with van der Waals surface area (Å²) in [7, 11) is 5.23. The van der Waals surface area contributed by atoms with E-state index < -0.39 is 0 Å². The summed E-state index contributed by atoms with van der Waals surface area (Å²) in [5.41, 5.74) is 3.92. The predicted molar refractivity (Wildman–Crippen MR) is 130 cm³/mol. The minimum Gasteiger partial charge on any atom is -0.493 e. The van der Waals surface area contributed by atoms with Crippen molar-refractivity contribution < 1.29 is 9.53 Å². The van der Waals surface area contributed by atoms with Gasteiger partial charge in [-0.2, -0.15) is 5.10 Å². The number of anilines is 1. The molecule has 2 heterocycles. The van der Waals surface area contributed by atoms with Gasteiger partial charge in [-0.05, 0) is 38.1 Å². The maximum atomic E-state index is 12.6. The van der Waals surface area contributed by atoms with Gasteiger partial charge in [-0.3, -0.25) is 9.48 Å². The van der Waals surface area contributed by atoms with Crippen molar-refractivity contribution >= 4 is 22.6 Å². The number of aryl methyl sites for hydroxylation is 1. The van der Waals surface area contributed by atoms with E-state index in [1.165, 1.54) is 0 Å². The van der Waals surface area contributed by atoms with Crippen LogP contribution in [0.3, 0.4) is 0 Å². The van der Waals surface area contributed by atoms with E-state index in [9.17, 15) is 4.79 Å². The molecule has 0 saturated heterocycles. The molecule has 0 bridgehead atoms. The predicted octanol–water partition coefficient (Wildman–Crippen LogP) is 3.59. The second-order valence-electron chi connectivity index (χ2n) is 7.56. The largest absolute Gasteiger partial charge is 0.493 e. The number of hydrogen-bond acceptors (Lipinski definition) is 5. The van der Waals surface area contributed by atoms with Gasteiger partial charge in [0.05, 0.1) is 24.9 Å². The SMILES string of the molecule is CNC(C)C(=O)Nc1cc(-c2cccc3cnn(C)c23)c(OC)c(C#Cc2ccccc2)n1. The quantitative estimate of drug-likeness (QED) is 0.465. The molecule has 4 rings (SSSR count). The number of nitrogens with one attached hydrogen (secondary N) is 2. The van der Waals surface area contributed by atoms with Gasteiger partial charge in [-0.25, -0.2) is 4.98 Å². The van der Waals surface area contributed by atoms with Gasteiger partial charge in [0.25, 0.3) is 0 Å². The van der Waals surface area contributed by atoms with E-state index in [2.05, 4.69) is 32.6 Å². The lowest BCUT2D eigenvalue weighted by Crippen LogP contribution is -2.35. The number of ether oxygens (including phenoxy) is 1. The highest BCUT2D eigenvalue weighted by atomic mass is 16.5. The lowest BCUT2D eigenvalue weighted by Gasteiger charge is -2.16. The van der Waals surface area contributed by atoms with Gasteiger partial charge < -0.3 is 15.4 Å². The minimum atomic E-state index is -0.378. The smallest absolute Gasteiger partial charge is 0.242 e. The van der Waals surface area contributed by atoms with Crippen LogP contribution < -0.4 is 15.4 Å². The van der Waals surface area contributed by atoms with E-state index in [1.54, 1.807) is 21.1 Å². The van der Waals surface area contributed by atoms with E-state index in [-0.39, 0.29) is 11.9 Å². The molecule has 1 atom stereocenters. The lowest BCUT2D eigenvalue weighted by atomic mass is 10.0. The Morgan fingerprint density at radius 2 is 1.88 bits per heavy atom. The van der Waals surface area contributed by atoms with Crippen molar-refractivity contribution in [3.63, 3.8) is 0 Å². The lowest BCUT2D eigenvalue weighted by molar-refractivity contribution is -0.117. The van der Waals surface area contributed by atoms with Crippen molar-refractivity contribution in [3.8, 4) is 28.7 Å². The van der Waals surface area contributed by atoms with E-state index in [1.807, 2.05) is 72.5 Å². The molecule has 0 spiro atoms. The van der Waals surface area contributed by atoms with Crippen LogP contribution in [0.5, 0.6) is 5.75 Å². The second-order valence-corrected chi connectivity index (χ2v) is 7.56. The fraction of sp³-hybridized carbons (Fsp3) is 0.192. The molecule has 1 unspecified atom stereocenters. The normalized spacial score (nSPS) is 11.5.